The smallest absolute Gasteiger partial charge is 0.0345 e. The molecule has 90 valence electrons. The van der Waals surface area contributed by atoms with Crippen LogP contribution in [0.15, 0.2) is 54.6 Å². The van der Waals surface area contributed by atoms with Gasteiger partial charge in [-0.3, -0.25) is 4.90 Å². The summed E-state index contributed by atoms with van der Waals surface area (Å²) in [5.74, 6) is 0. The Balaban J connectivity index is 1.95. The predicted molar refractivity (Wildman–Crippen MR) is 73.6 cm³/mol. The highest BCUT2D eigenvalue weighted by Crippen LogP contribution is 2.46. The molecule has 2 heterocycles. The Kier molecular flexibility index (Phi) is 2.12. The third-order valence-electron chi connectivity index (χ3n) is 4.60. The van der Waals surface area contributed by atoms with Crippen molar-refractivity contribution in [2.24, 2.45) is 0 Å². The second-order valence-electron chi connectivity index (χ2n) is 5.57. The minimum Gasteiger partial charge on any atom is -0.298 e. The van der Waals surface area contributed by atoms with Crippen LogP contribution in [-0.2, 0) is 12.0 Å². The molecule has 0 aromatic heterocycles. The van der Waals surface area contributed by atoms with Crippen LogP contribution in [-0.4, -0.2) is 18.0 Å². The molecule has 2 aliphatic rings. The fourth-order valence-corrected chi connectivity index (χ4v) is 3.76. The van der Waals surface area contributed by atoms with Gasteiger partial charge in [0, 0.05) is 18.5 Å². The van der Waals surface area contributed by atoms with E-state index in [0.717, 1.165) is 6.54 Å². The highest BCUT2D eigenvalue weighted by Gasteiger charge is 2.45. The number of hydrogen-bond donors (Lipinski definition) is 0. The molecule has 1 nitrogen and oxygen atoms in total. The fraction of sp³-hybridized carbons (Fsp3) is 0.294. The molecule has 2 aromatic carbocycles. The third-order valence-corrected chi connectivity index (χ3v) is 4.60. The van der Waals surface area contributed by atoms with Gasteiger partial charge in [0.1, 0.15) is 0 Å². The van der Waals surface area contributed by atoms with E-state index in [1.54, 1.807) is 5.56 Å². The maximum absolute atomic E-state index is 2.59. The van der Waals surface area contributed by atoms with E-state index in [4.69, 9.17) is 0 Å². The number of rotatable bonds is 1. The van der Waals surface area contributed by atoms with E-state index in [1.807, 2.05) is 0 Å². The summed E-state index contributed by atoms with van der Waals surface area (Å²) in [4.78, 5) is 2.59. The van der Waals surface area contributed by atoms with Crippen LogP contribution < -0.4 is 0 Å². The molecule has 4 rings (SSSR count). The zero-order valence-corrected chi connectivity index (χ0v) is 10.5. The highest BCUT2D eigenvalue weighted by atomic mass is 15.2. The van der Waals surface area contributed by atoms with Gasteiger partial charge in [-0.25, -0.2) is 0 Å². The van der Waals surface area contributed by atoms with Gasteiger partial charge >= 0.3 is 0 Å². The maximum atomic E-state index is 2.59. The summed E-state index contributed by atoms with van der Waals surface area (Å²) >= 11 is 0. The van der Waals surface area contributed by atoms with E-state index in [9.17, 15) is 0 Å². The van der Waals surface area contributed by atoms with Crippen LogP contribution in [0.1, 0.15) is 23.1 Å². The summed E-state index contributed by atoms with van der Waals surface area (Å²) in [5, 5.41) is 0. The van der Waals surface area contributed by atoms with Crippen molar-refractivity contribution in [2.75, 3.05) is 13.1 Å². The Morgan fingerprint density at radius 1 is 0.889 bits per heavy atom. The molecule has 0 aliphatic carbocycles. The maximum Gasteiger partial charge on any atom is 0.0345 e. The first kappa shape index (κ1) is 10.3. The second kappa shape index (κ2) is 3.69. The van der Waals surface area contributed by atoms with E-state index >= 15 is 0 Å². The number of hydrogen-bond acceptors (Lipinski definition) is 1. The van der Waals surface area contributed by atoms with Gasteiger partial charge in [-0.15, -0.1) is 0 Å². The molecule has 2 atom stereocenters. The molecule has 2 aliphatic heterocycles. The average Bonchev–Trinajstić information content (AvgIpc) is 2.80. The average molecular weight is 235 g/mol. The van der Waals surface area contributed by atoms with Gasteiger partial charge < -0.3 is 0 Å². The van der Waals surface area contributed by atoms with E-state index in [1.165, 1.54) is 30.6 Å². The largest absolute Gasteiger partial charge is 0.298 e. The Hall–Kier alpha value is -1.60. The van der Waals surface area contributed by atoms with Gasteiger partial charge in [0.25, 0.3) is 0 Å². The summed E-state index contributed by atoms with van der Waals surface area (Å²) in [6.45, 7) is 3.54. The summed E-state index contributed by atoms with van der Waals surface area (Å²) in [6.07, 6.45) is 1.26. The molecule has 0 N–H and O–H groups in total. The van der Waals surface area contributed by atoms with Gasteiger partial charge in [-0.2, -0.15) is 0 Å². The first-order chi connectivity index (χ1) is 8.88. The summed E-state index contributed by atoms with van der Waals surface area (Å²) in [5.41, 5.74) is 4.81. The van der Waals surface area contributed by atoms with Crippen LogP contribution in [0, 0.1) is 0 Å². The van der Waals surface area contributed by atoms with Crippen molar-refractivity contribution in [3.63, 3.8) is 0 Å². The van der Waals surface area contributed by atoms with Crippen molar-refractivity contribution >= 4 is 0 Å². The standard InChI is InChI=1S/C17H17N/c1-2-7-15(8-3-1)17-10-11-18(13-17)12-14-6-4-5-9-16(14)17/h1-9H,10-13H2/t17-/m0/s1. The van der Waals surface area contributed by atoms with Crippen LogP contribution in [0.3, 0.4) is 0 Å². The first-order valence-corrected chi connectivity index (χ1v) is 6.75. The monoisotopic (exact) mass is 235 g/mol. The molecule has 1 fully saturated rings. The number of benzene rings is 2. The lowest BCUT2D eigenvalue weighted by Crippen LogP contribution is -2.37. The van der Waals surface area contributed by atoms with Crippen molar-refractivity contribution in [2.45, 2.75) is 18.4 Å². The first-order valence-electron chi connectivity index (χ1n) is 6.75. The van der Waals surface area contributed by atoms with Crippen molar-refractivity contribution in [1.29, 1.82) is 0 Å². The Labute approximate surface area is 108 Å². The molecule has 0 saturated carbocycles. The Bertz CT molecular complexity index is 575. The lowest BCUT2D eigenvalue weighted by molar-refractivity contribution is 0.295. The van der Waals surface area contributed by atoms with Crippen LogP contribution in [0.5, 0.6) is 0 Å². The van der Waals surface area contributed by atoms with Crippen molar-refractivity contribution in [1.82, 2.24) is 4.90 Å². The predicted octanol–water partition coefficient (Wildman–Crippen LogP) is 3.19. The molecule has 18 heavy (non-hydrogen) atoms. The van der Waals surface area contributed by atoms with Gasteiger partial charge in [-0.1, -0.05) is 54.6 Å². The molecule has 0 amide bonds. The minimum atomic E-state index is 0.246. The molecule has 1 saturated heterocycles. The number of nitrogens with zero attached hydrogens (tertiary/aromatic N) is 1. The highest BCUT2D eigenvalue weighted by molar-refractivity contribution is 5.47. The molecular weight excluding hydrogens is 218 g/mol. The van der Waals surface area contributed by atoms with E-state index in [-0.39, 0.29) is 5.41 Å². The van der Waals surface area contributed by atoms with Crippen LogP contribution in [0.2, 0.25) is 0 Å². The van der Waals surface area contributed by atoms with E-state index in [2.05, 4.69) is 59.5 Å². The molecule has 0 spiro atoms. The Morgan fingerprint density at radius 3 is 2.56 bits per heavy atom. The van der Waals surface area contributed by atoms with Crippen LogP contribution in [0.25, 0.3) is 0 Å². The van der Waals surface area contributed by atoms with E-state index in [0.29, 0.717) is 0 Å². The molecule has 2 aromatic rings. The van der Waals surface area contributed by atoms with Crippen LogP contribution >= 0.6 is 0 Å². The van der Waals surface area contributed by atoms with Crippen molar-refractivity contribution in [3.05, 3.63) is 71.3 Å². The molecular formula is C17H17N. The van der Waals surface area contributed by atoms with Gasteiger partial charge in [0.2, 0.25) is 0 Å². The Morgan fingerprint density at radius 2 is 1.67 bits per heavy atom. The lowest BCUT2D eigenvalue weighted by atomic mass is 9.71. The van der Waals surface area contributed by atoms with Crippen LogP contribution in [0.4, 0.5) is 0 Å². The number of fused-ring (bicyclic) bond motifs is 4. The zero-order valence-electron chi connectivity index (χ0n) is 10.5. The van der Waals surface area contributed by atoms with Gasteiger partial charge in [0.05, 0.1) is 0 Å². The molecule has 2 bridgehead atoms. The van der Waals surface area contributed by atoms with Gasteiger partial charge in [0.15, 0.2) is 0 Å². The SMILES string of the molecule is c1ccc([C@@]23CCN(Cc4ccccc42)C3)cc1. The molecule has 1 heteroatoms. The minimum absolute atomic E-state index is 0.246. The molecule has 1 unspecified atom stereocenters. The second-order valence-corrected chi connectivity index (χ2v) is 5.57. The third kappa shape index (κ3) is 1.31. The van der Waals surface area contributed by atoms with Gasteiger partial charge in [-0.05, 0) is 29.7 Å². The normalized spacial score (nSPS) is 29.0. The van der Waals surface area contributed by atoms with Crippen molar-refractivity contribution < 1.29 is 0 Å². The topological polar surface area (TPSA) is 3.24 Å². The quantitative estimate of drug-likeness (QED) is 0.733. The zero-order chi connectivity index (χ0) is 12.0. The van der Waals surface area contributed by atoms with Crippen molar-refractivity contribution in [3.8, 4) is 0 Å². The fourth-order valence-electron chi connectivity index (χ4n) is 3.76. The summed E-state index contributed by atoms with van der Waals surface area (Å²) in [7, 11) is 0. The summed E-state index contributed by atoms with van der Waals surface area (Å²) in [6, 6.07) is 20.0. The van der Waals surface area contributed by atoms with E-state index < -0.39 is 0 Å². The summed E-state index contributed by atoms with van der Waals surface area (Å²) < 4.78 is 0. The molecule has 0 radical (unpaired) electrons. The lowest BCUT2D eigenvalue weighted by Gasteiger charge is -2.37.